The van der Waals surface area contributed by atoms with Crippen LogP contribution in [0.1, 0.15) is 84.1 Å². The van der Waals surface area contributed by atoms with Gasteiger partial charge in [-0.1, -0.05) is 75.2 Å². The molecule has 7 nitrogen and oxygen atoms in total. The van der Waals surface area contributed by atoms with E-state index in [4.69, 9.17) is 10.8 Å². The van der Waals surface area contributed by atoms with Crippen molar-refractivity contribution in [1.29, 1.82) is 0 Å². The standard InChI is InChI=1S/C36H43N5O2/c1-5-7-19-39(20-8-6-2)36(43)33-22-26(4)41(38-33)34-18-17-28(30-15-11-12-16-32(30)37)23-31(34)35(42)40-24-29-14-10-9-13-27(29)21-25(40)3/h9-18,22-23,25H,5-8,19-21,24,37H2,1-4H3/t25-/m1/s1. The van der Waals surface area contributed by atoms with Crippen molar-refractivity contribution in [3.05, 3.63) is 101 Å². The molecule has 3 aromatic carbocycles. The maximum Gasteiger partial charge on any atom is 0.274 e. The number of aryl methyl sites for hydroxylation is 1. The minimum Gasteiger partial charge on any atom is -0.398 e. The van der Waals surface area contributed by atoms with Crippen molar-refractivity contribution in [1.82, 2.24) is 19.6 Å². The molecule has 0 bridgehead atoms. The van der Waals surface area contributed by atoms with Gasteiger partial charge in [-0.05, 0) is 74.1 Å². The summed E-state index contributed by atoms with van der Waals surface area (Å²) < 4.78 is 1.75. The molecule has 0 unspecified atom stereocenters. The zero-order valence-electron chi connectivity index (χ0n) is 25.8. The highest BCUT2D eigenvalue weighted by atomic mass is 16.2. The Bertz CT molecular complexity index is 1600. The van der Waals surface area contributed by atoms with Crippen LogP contribution in [0.3, 0.4) is 0 Å². The summed E-state index contributed by atoms with van der Waals surface area (Å²) in [5, 5.41) is 4.81. The number of hydrogen-bond acceptors (Lipinski definition) is 4. The van der Waals surface area contributed by atoms with E-state index in [9.17, 15) is 9.59 Å². The van der Waals surface area contributed by atoms with Crippen molar-refractivity contribution in [3.63, 3.8) is 0 Å². The second-order valence-corrected chi connectivity index (χ2v) is 11.7. The summed E-state index contributed by atoms with van der Waals surface area (Å²) in [7, 11) is 0. The van der Waals surface area contributed by atoms with Crippen LogP contribution >= 0.6 is 0 Å². The predicted octanol–water partition coefficient (Wildman–Crippen LogP) is 7.06. The molecule has 43 heavy (non-hydrogen) atoms. The van der Waals surface area contributed by atoms with Crippen LogP contribution in [0, 0.1) is 6.92 Å². The lowest BCUT2D eigenvalue weighted by Crippen LogP contribution is -2.43. The van der Waals surface area contributed by atoms with Crippen molar-refractivity contribution < 1.29 is 9.59 Å². The van der Waals surface area contributed by atoms with E-state index >= 15 is 0 Å². The van der Waals surface area contributed by atoms with Gasteiger partial charge in [0, 0.05) is 42.6 Å². The van der Waals surface area contributed by atoms with E-state index < -0.39 is 0 Å². The molecule has 2 heterocycles. The highest BCUT2D eigenvalue weighted by Crippen LogP contribution is 2.32. The summed E-state index contributed by atoms with van der Waals surface area (Å²) in [6, 6.07) is 23.7. The van der Waals surface area contributed by atoms with Gasteiger partial charge in [0.15, 0.2) is 5.69 Å². The lowest BCUT2D eigenvalue weighted by atomic mass is 9.93. The van der Waals surface area contributed by atoms with Crippen LogP contribution < -0.4 is 5.73 Å². The van der Waals surface area contributed by atoms with Gasteiger partial charge in [0.1, 0.15) is 0 Å². The first kappa shape index (κ1) is 30.1. The van der Waals surface area contributed by atoms with Crippen LogP contribution in [0.4, 0.5) is 5.69 Å². The first-order valence-corrected chi connectivity index (χ1v) is 15.5. The smallest absolute Gasteiger partial charge is 0.274 e. The highest BCUT2D eigenvalue weighted by Gasteiger charge is 2.30. The highest BCUT2D eigenvalue weighted by molar-refractivity contribution is 6.00. The number of anilines is 1. The number of hydrogen-bond donors (Lipinski definition) is 1. The van der Waals surface area contributed by atoms with Crippen LogP contribution in [-0.2, 0) is 13.0 Å². The lowest BCUT2D eigenvalue weighted by molar-refractivity contribution is 0.0658. The van der Waals surface area contributed by atoms with Gasteiger partial charge in [0.25, 0.3) is 11.8 Å². The van der Waals surface area contributed by atoms with E-state index in [-0.39, 0.29) is 17.9 Å². The molecule has 2 amide bonds. The second kappa shape index (κ2) is 13.3. The van der Waals surface area contributed by atoms with E-state index in [2.05, 4.69) is 39.0 Å². The van der Waals surface area contributed by atoms with Crippen molar-refractivity contribution in [2.45, 2.75) is 72.4 Å². The zero-order chi connectivity index (χ0) is 30.5. The molecule has 0 aliphatic carbocycles. The second-order valence-electron chi connectivity index (χ2n) is 11.7. The van der Waals surface area contributed by atoms with Crippen LogP contribution in [0.25, 0.3) is 16.8 Å². The quantitative estimate of drug-likeness (QED) is 0.205. The van der Waals surface area contributed by atoms with Gasteiger partial charge < -0.3 is 15.5 Å². The minimum absolute atomic E-state index is 0.0299. The van der Waals surface area contributed by atoms with Crippen LogP contribution in [0.5, 0.6) is 0 Å². The third kappa shape index (κ3) is 6.36. The molecule has 224 valence electrons. The van der Waals surface area contributed by atoms with Crippen LogP contribution in [0.2, 0.25) is 0 Å². The fraction of sp³-hybridized carbons (Fsp3) is 0.361. The molecule has 1 aliphatic rings. The molecule has 4 aromatic rings. The molecule has 0 saturated heterocycles. The van der Waals surface area contributed by atoms with Crippen molar-refractivity contribution >= 4 is 17.5 Å². The normalized spacial score (nSPS) is 14.4. The Morgan fingerprint density at radius 2 is 1.60 bits per heavy atom. The number of fused-ring (bicyclic) bond motifs is 1. The number of aromatic nitrogens is 2. The summed E-state index contributed by atoms with van der Waals surface area (Å²) in [5.41, 5.74) is 13.6. The molecule has 0 radical (unpaired) electrons. The Morgan fingerprint density at radius 3 is 2.30 bits per heavy atom. The Balaban J connectivity index is 1.57. The van der Waals surface area contributed by atoms with E-state index in [1.807, 2.05) is 71.3 Å². The topological polar surface area (TPSA) is 84.5 Å². The van der Waals surface area contributed by atoms with Crippen LogP contribution in [-0.4, -0.2) is 50.5 Å². The molecule has 5 rings (SSSR count). The van der Waals surface area contributed by atoms with Gasteiger partial charge in [-0.3, -0.25) is 9.59 Å². The number of amides is 2. The Morgan fingerprint density at radius 1 is 0.930 bits per heavy atom. The first-order chi connectivity index (χ1) is 20.8. The molecule has 0 spiro atoms. The number of para-hydroxylation sites is 1. The van der Waals surface area contributed by atoms with Gasteiger partial charge in [-0.2, -0.15) is 5.10 Å². The van der Waals surface area contributed by atoms with Crippen LogP contribution in [0.15, 0.2) is 72.8 Å². The first-order valence-electron chi connectivity index (χ1n) is 15.5. The molecule has 7 heteroatoms. The fourth-order valence-electron chi connectivity index (χ4n) is 5.92. The number of unbranched alkanes of at least 4 members (excludes halogenated alkanes) is 2. The number of nitrogens with zero attached hydrogens (tertiary/aromatic N) is 4. The average molecular weight is 578 g/mol. The molecule has 0 saturated carbocycles. The number of carbonyl (C=O) groups excluding carboxylic acids is 2. The number of rotatable bonds is 10. The Labute approximate surface area is 255 Å². The van der Waals surface area contributed by atoms with E-state index in [0.717, 1.165) is 48.9 Å². The summed E-state index contributed by atoms with van der Waals surface area (Å²) in [4.78, 5) is 31.9. The Hall–Kier alpha value is -4.39. The summed E-state index contributed by atoms with van der Waals surface area (Å²) >= 11 is 0. The van der Waals surface area contributed by atoms with Gasteiger partial charge >= 0.3 is 0 Å². The van der Waals surface area contributed by atoms with Gasteiger partial charge in [0.05, 0.1) is 11.3 Å². The number of nitrogen functional groups attached to an aromatic ring is 1. The zero-order valence-corrected chi connectivity index (χ0v) is 25.8. The van der Waals surface area contributed by atoms with Crippen molar-refractivity contribution in [2.75, 3.05) is 18.8 Å². The maximum atomic E-state index is 14.5. The molecule has 1 atom stereocenters. The number of benzene rings is 3. The van der Waals surface area contributed by atoms with E-state index in [0.29, 0.717) is 42.3 Å². The summed E-state index contributed by atoms with van der Waals surface area (Å²) in [6.45, 7) is 10.3. The van der Waals surface area contributed by atoms with Gasteiger partial charge in [0.2, 0.25) is 0 Å². The van der Waals surface area contributed by atoms with E-state index in [1.54, 1.807) is 4.68 Å². The maximum absolute atomic E-state index is 14.5. The summed E-state index contributed by atoms with van der Waals surface area (Å²) in [5.74, 6) is -0.129. The predicted molar refractivity (Wildman–Crippen MR) is 173 cm³/mol. The summed E-state index contributed by atoms with van der Waals surface area (Å²) in [6.07, 6.45) is 4.75. The molecule has 1 aliphatic heterocycles. The minimum atomic E-state index is -0.0661. The van der Waals surface area contributed by atoms with Gasteiger partial charge in [-0.25, -0.2) is 4.68 Å². The molecular weight excluding hydrogens is 534 g/mol. The molecule has 0 fully saturated rings. The molecular formula is C36H43N5O2. The third-order valence-electron chi connectivity index (χ3n) is 8.45. The average Bonchev–Trinajstić information content (AvgIpc) is 3.41. The molecule has 1 aromatic heterocycles. The van der Waals surface area contributed by atoms with E-state index in [1.165, 1.54) is 11.1 Å². The van der Waals surface area contributed by atoms with Crippen molar-refractivity contribution in [3.8, 4) is 16.8 Å². The SMILES string of the molecule is CCCCN(CCCC)C(=O)c1cc(C)n(-c2ccc(-c3ccccc3N)cc2C(=O)N2Cc3ccccc3C[C@H]2C)n1. The number of nitrogens with two attached hydrogens (primary N) is 1. The monoisotopic (exact) mass is 577 g/mol. The Kier molecular flexibility index (Phi) is 9.29. The third-order valence-corrected chi connectivity index (χ3v) is 8.45. The number of carbonyl (C=O) groups is 2. The fourth-order valence-corrected chi connectivity index (χ4v) is 5.92. The lowest BCUT2D eigenvalue weighted by Gasteiger charge is -2.35. The molecule has 2 N–H and O–H groups in total. The van der Waals surface area contributed by atoms with Crippen molar-refractivity contribution in [2.24, 2.45) is 0 Å². The van der Waals surface area contributed by atoms with Gasteiger partial charge in [-0.15, -0.1) is 0 Å². The largest absolute Gasteiger partial charge is 0.398 e.